The first-order valence-corrected chi connectivity index (χ1v) is 3.69. The molecule has 1 fully saturated rings. The van der Waals surface area contributed by atoms with Crippen molar-refractivity contribution in [2.45, 2.75) is 5.92 Å². The van der Waals surface area contributed by atoms with Gasteiger partial charge in [0.15, 0.2) is 0 Å². The van der Waals surface area contributed by atoms with Crippen molar-refractivity contribution in [3.8, 4) is 0 Å². The Labute approximate surface area is 70.6 Å². The lowest BCUT2D eigenvalue weighted by atomic mass is 10.1. The molecule has 1 aliphatic heterocycles. The van der Waals surface area contributed by atoms with Crippen molar-refractivity contribution < 1.29 is 9.47 Å². The molecule has 2 rings (SSSR count). The minimum absolute atomic E-state index is 0.143. The summed E-state index contributed by atoms with van der Waals surface area (Å²) in [4.78, 5) is 8.12. The standard InChI is InChI=1S/C8H8N2O2/c1-2-9-8(10-3-1)7-4-11-6-12-5-7/h2-3,6-7H,4-5H2. The molecule has 0 amide bonds. The first kappa shape index (κ1) is 7.64. The number of hydrogen-bond donors (Lipinski definition) is 0. The molecule has 0 saturated carbocycles. The maximum atomic E-state index is 5.00. The number of aromatic nitrogens is 2. The minimum atomic E-state index is 0.143. The normalized spacial score (nSPS) is 19.3. The third-order valence-electron chi connectivity index (χ3n) is 1.64. The van der Waals surface area contributed by atoms with Crippen molar-refractivity contribution >= 4 is 0 Å². The molecule has 0 N–H and O–H groups in total. The fourth-order valence-electron chi connectivity index (χ4n) is 1.04. The Morgan fingerprint density at radius 3 is 2.58 bits per heavy atom. The van der Waals surface area contributed by atoms with Crippen LogP contribution in [0.2, 0.25) is 0 Å². The Hall–Kier alpha value is -1.00. The van der Waals surface area contributed by atoms with Gasteiger partial charge in [0, 0.05) is 18.5 Å². The number of hydrogen-bond acceptors (Lipinski definition) is 4. The second-order valence-electron chi connectivity index (χ2n) is 2.50. The van der Waals surface area contributed by atoms with Crippen LogP contribution in [0, 0.1) is 12.9 Å². The summed E-state index contributed by atoms with van der Waals surface area (Å²) in [7, 11) is 0. The van der Waals surface area contributed by atoms with Gasteiger partial charge in [0.05, 0.1) is 19.1 Å². The molecule has 2 radical (unpaired) electrons. The molecule has 1 saturated heterocycles. The van der Waals surface area contributed by atoms with Gasteiger partial charge in [-0.2, -0.15) is 0 Å². The van der Waals surface area contributed by atoms with Gasteiger partial charge in [0.1, 0.15) is 5.82 Å². The van der Waals surface area contributed by atoms with E-state index < -0.39 is 0 Å². The van der Waals surface area contributed by atoms with Crippen molar-refractivity contribution in [2.75, 3.05) is 13.2 Å². The molecule has 0 spiro atoms. The maximum Gasteiger partial charge on any atom is 0.209 e. The Bertz CT molecular complexity index is 234. The SMILES string of the molecule is [c]1cnc(C2CO[CH]OC2)nc1. The van der Waals surface area contributed by atoms with Crippen LogP contribution < -0.4 is 0 Å². The Morgan fingerprint density at radius 1 is 1.25 bits per heavy atom. The zero-order chi connectivity index (χ0) is 8.23. The van der Waals surface area contributed by atoms with Crippen molar-refractivity contribution in [1.29, 1.82) is 0 Å². The first-order chi connectivity index (χ1) is 5.97. The summed E-state index contributed by atoms with van der Waals surface area (Å²) < 4.78 is 10.00. The predicted molar refractivity (Wildman–Crippen MR) is 39.8 cm³/mol. The predicted octanol–water partition coefficient (Wildman–Crippen LogP) is 0.526. The molecule has 2 heterocycles. The van der Waals surface area contributed by atoms with Gasteiger partial charge in [-0.3, -0.25) is 0 Å². The second kappa shape index (κ2) is 3.60. The van der Waals surface area contributed by atoms with Crippen LogP contribution in [0.3, 0.4) is 0 Å². The fraction of sp³-hybridized carbons (Fsp3) is 0.375. The lowest BCUT2D eigenvalue weighted by Crippen LogP contribution is -2.21. The van der Waals surface area contributed by atoms with Crippen LogP contribution in [0.1, 0.15) is 11.7 Å². The monoisotopic (exact) mass is 164 g/mol. The molecule has 12 heavy (non-hydrogen) atoms. The molecule has 0 aliphatic carbocycles. The second-order valence-corrected chi connectivity index (χ2v) is 2.50. The van der Waals surface area contributed by atoms with Crippen molar-refractivity contribution in [2.24, 2.45) is 0 Å². The molecule has 0 unspecified atom stereocenters. The highest BCUT2D eigenvalue weighted by molar-refractivity contribution is 4.97. The Balaban J connectivity index is 2.08. The summed E-state index contributed by atoms with van der Waals surface area (Å²) in [5.74, 6) is 0.895. The molecule has 0 bridgehead atoms. The van der Waals surface area contributed by atoms with Gasteiger partial charge in [-0.1, -0.05) is 0 Å². The zero-order valence-corrected chi connectivity index (χ0v) is 6.43. The van der Waals surface area contributed by atoms with E-state index in [0.29, 0.717) is 13.2 Å². The summed E-state index contributed by atoms with van der Waals surface area (Å²) >= 11 is 0. The summed E-state index contributed by atoms with van der Waals surface area (Å²) in [6, 6.07) is 2.76. The highest BCUT2D eigenvalue weighted by Gasteiger charge is 2.18. The molecule has 0 atom stereocenters. The van der Waals surface area contributed by atoms with E-state index in [1.807, 2.05) is 0 Å². The average Bonchev–Trinajstić information content (AvgIpc) is 2.21. The largest absolute Gasteiger partial charge is 0.347 e. The molecule has 62 valence electrons. The third-order valence-corrected chi connectivity index (χ3v) is 1.64. The van der Waals surface area contributed by atoms with E-state index in [-0.39, 0.29) is 5.92 Å². The number of nitrogens with zero attached hydrogens (tertiary/aromatic N) is 2. The van der Waals surface area contributed by atoms with E-state index >= 15 is 0 Å². The third kappa shape index (κ3) is 1.60. The van der Waals surface area contributed by atoms with E-state index in [4.69, 9.17) is 9.47 Å². The van der Waals surface area contributed by atoms with Gasteiger partial charge >= 0.3 is 0 Å². The highest BCUT2D eigenvalue weighted by Crippen LogP contribution is 2.16. The van der Waals surface area contributed by atoms with Crippen LogP contribution in [0.25, 0.3) is 0 Å². The van der Waals surface area contributed by atoms with Crippen LogP contribution in [-0.2, 0) is 9.47 Å². The lowest BCUT2D eigenvalue weighted by molar-refractivity contribution is -0.0432. The van der Waals surface area contributed by atoms with E-state index in [9.17, 15) is 0 Å². The summed E-state index contributed by atoms with van der Waals surface area (Å²) in [6.45, 7) is 2.53. The van der Waals surface area contributed by atoms with Crippen LogP contribution in [-0.4, -0.2) is 23.2 Å². The molecule has 0 aromatic carbocycles. The zero-order valence-electron chi connectivity index (χ0n) is 6.43. The molecular formula is C8H8N2O2. The van der Waals surface area contributed by atoms with Crippen LogP contribution in [0.5, 0.6) is 0 Å². The number of rotatable bonds is 1. The van der Waals surface area contributed by atoms with E-state index in [1.165, 1.54) is 6.79 Å². The molecule has 1 aromatic rings. The van der Waals surface area contributed by atoms with Crippen molar-refractivity contribution in [3.63, 3.8) is 0 Å². The lowest BCUT2D eigenvalue weighted by Gasteiger charge is -2.19. The smallest absolute Gasteiger partial charge is 0.209 e. The molecule has 4 heteroatoms. The van der Waals surface area contributed by atoms with Gasteiger partial charge in [-0.05, 0) is 0 Å². The van der Waals surface area contributed by atoms with E-state index in [0.717, 1.165) is 5.82 Å². The van der Waals surface area contributed by atoms with E-state index in [2.05, 4.69) is 16.0 Å². The topological polar surface area (TPSA) is 44.2 Å². The van der Waals surface area contributed by atoms with Crippen LogP contribution in [0.15, 0.2) is 12.4 Å². The molecular weight excluding hydrogens is 156 g/mol. The number of ether oxygens (including phenoxy) is 2. The molecule has 1 aromatic heterocycles. The average molecular weight is 164 g/mol. The van der Waals surface area contributed by atoms with E-state index in [1.54, 1.807) is 12.4 Å². The fourth-order valence-corrected chi connectivity index (χ4v) is 1.04. The van der Waals surface area contributed by atoms with Crippen molar-refractivity contribution in [1.82, 2.24) is 9.97 Å². The quantitative estimate of drug-likeness (QED) is 0.607. The van der Waals surface area contributed by atoms with Gasteiger partial charge < -0.3 is 9.47 Å². The summed E-state index contributed by atoms with van der Waals surface area (Å²) in [6.07, 6.45) is 3.20. The first-order valence-electron chi connectivity index (χ1n) is 3.69. The Morgan fingerprint density at radius 2 is 1.92 bits per heavy atom. The minimum Gasteiger partial charge on any atom is -0.347 e. The van der Waals surface area contributed by atoms with Gasteiger partial charge in [0.2, 0.25) is 6.79 Å². The molecule has 4 nitrogen and oxygen atoms in total. The van der Waals surface area contributed by atoms with Crippen LogP contribution in [0.4, 0.5) is 0 Å². The highest BCUT2D eigenvalue weighted by atomic mass is 16.7. The van der Waals surface area contributed by atoms with Gasteiger partial charge in [-0.15, -0.1) is 0 Å². The van der Waals surface area contributed by atoms with Gasteiger partial charge in [-0.25, -0.2) is 9.97 Å². The summed E-state index contributed by atoms with van der Waals surface area (Å²) in [5.41, 5.74) is 0. The maximum absolute atomic E-state index is 5.00. The van der Waals surface area contributed by atoms with Crippen molar-refractivity contribution in [3.05, 3.63) is 31.1 Å². The van der Waals surface area contributed by atoms with Crippen LogP contribution >= 0.6 is 0 Å². The molecule has 1 aliphatic rings. The van der Waals surface area contributed by atoms with Gasteiger partial charge in [0.25, 0.3) is 0 Å². The summed E-state index contributed by atoms with van der Waals surface area (Å²) in [5, 5.41) is 0. The Kier molecular flexibility index (Phi) is 2.29.